The number of hydrogen-bond acceptors (Lipinski definition) is 2. The number of nitrogens with zero attached hydrogens (tertiary/aromatic N) is 1. The smallest absolute Gasteiger partial charge is 0.148 e. The zero-order valence-corrected chi connectivity index (χ0v) is 6.44. The second-order valence-corrected chi connectivity index (χ2v) is 2.46. The summed E-state index contributed by atoms with van der Waals surface area (Å²) < 4.78 is 0. The number of H-pyrrole nitrogens is 1. The Morgan fingerprint density at radius 1 is 1.60 bits per heavy atom. The zero-order valence-electron chi connectivity index (χ0n) is 6.44. The van der Waals surface area contributed by atoms with Crippen LogP contribution in [-0.4, -0.2) is 10.2 Å². The van der Waals surface area contributed by atoms with E-state index in [-0.39, 0.29) is 0 Å². The van der Waals surface area contributed by atoms with Crippen molar-refractivity contribution >= 4 is 5.82 Å². The normalized spacial score (nSPS) is 10.2. The summed E-state index contributed by atoms with van der Waals surface area (Å²) in [5.41, 5.74) is 7.85. The van der Waals surface area contributed by atoms with Crippen LogP contribution in [0, 0.1) is 6.92 Å². The van der Waals surface area contributed by atoms with E-state index < -0.39 is 0 Å². The van der Waals surface area contributed by atoms with E-state index >= 15 is 0 Å². The molecule has 1 aromatic heterocycles. The average Bonchev–Trinajstić information content (AvgIpc) is 2.20. The summed E-state index contributed by atoms with van der Waals surface area (Å²) >= 11 is 0. The Morgan fingerprint density at radius 2 is 2.30 bits per heavy atom. The topological polar surface area (TPSA) is 54.7 Å². The van der Waals surface area contributed by atoms with E-state index in [1.807, 2.05) is 6.92 Å². The monoisotopic (exact) mass is 139 g/mol. The Morgan fingerprint density at radius 3 is 2.70 bits per heavy atom. The van der Waals surface area contributed by atoms with E-state index in [4.69, 9.17) is 5.73 Å². The van der Waals surface area contributed by atoms with Crippen LogP contribution in [0.15, 0.2) is 0 Å². The van der Waals surface area contributed by atoms with Crippen LogP contribution < -0.4 is 5.73 Å². The summed E-state index contributed by atoms with van der Waals surface area (Å²) in [6, 6.07) is 0. The van der Waals surface area contributed by atoms with Crippen molar-refractivity contribution in [3.8, 4) is 0 Å². The minimum absolute atomic E-state index is 0.652. The fourth-order valence-electron chi connectivity index (χ4n) is 1.04. The molecule has 0 aromatic carbocycles. The third-order valence-corrected chi connectivity index (χ3v) is 1.61. The van der Waals surface area contributed by atoms with Crippen LogP contribution in [0.2, 0.25) is 0 Å². The molecule has 56 valence electrons. The summed E-state index contributed by atoms with van der Waals surface area (Å²) in [6.07, 6.45) is 2.14. The molecule has 1 heterocycles. The molecule has 3 heteroatoms. The second-order valence-electron chi connectivity index (χ2n) is 2.46. The van der Waals surface area contributed by atoms with Crippen LogP contribution in [0.5, 0.6) is 0 Å². The summed E-state index contributed by atoms with van der Waals surface area (Å²) in [7, 11) is 0. The maximum Gasteiger partial charge on any atom is 0.148 e. The Kier molecular flexibility index (Phi) is 1.94. The van der Waals surface area contributed by atoms with Crippen molar-refractivity contribution in [2.24, 2.45) is 0 Å². The highest BCUT2D eigenvalue weighted by Crippen LogP contribution is 2.13. The third kappa shape index (κ3) is 1.12. The van der Waals surface area contributed by atoms with Crippen molar-refractivity contribution in [3.63, 3.8) is 0 Å². The van der Waals surface area contributed by atoms with Crippen molar-refractivity contribution in [2.75, 3.05) is 5.73 Å². The van der Waals surface area contributed by atoms with E-state index in [0.29, 0.717) is 5.82 Å². The van der Waals surface area contributed by atoms with Gasteiger partial charge in [0.1, 0.15) is 5.82 Å². The van der Waals surface area contributed by atoms with Gasteiger partial charge in [-0.3, -0.25) is 5.10 Å². The van der Waals surface area contributed by atoms with Crippen LogP contribution in [0.4, 0.5) is 5.82 Å². The van der Waals surface area contributed by atoms with Gasteiger partial charge in [0.15, 0.2) is 0 Å². The Bertz CT molecular complexity index is 195. The fraction of sp³-hybridized carbons (Fsp3) is 0.571. The lowest BCUT2D eigenvalue weighted by Gasteiger charge is -1.94. The summed E-state index contributed by atoms with van der Waals surface area (Å²) in [5.74, 6) is 0.652. The SMILES string of the molecule is CCCc1c(N)n[nH]c1C. The Balaban J connectivity index is 2.87. The summed E-state index contributed by atoms with van der Waals surface area (Å²) in [6.45, 7) is 4.13. The first-order chi connectivity index (χ1) is 4.75. The molecule has 0 saturated heterocycles. The van der Waals surface area contributed by atoms with Crippen molar-refractivity contribution in [3.05, 3.63) is 11.3 Å². The first-order valence-corrected chi connectivity index (χ1v) is 3.55. The molecule has 0 atom stereocenters. The standard InChI is InChI=1S/C7H13N3/c1-3-4-6-5(2)9-10-7(6)8/h3-4H2,1-2H3,(H3,8,9,10). The number of anilines is 1. The summed E-state index contributed by atoms with van der Waals surface area (Å²) in [4.78, 5) is 0. The Hall–Kier alpha value is -0.990. The van der Waals surface area contributed by atoms with E-state index in [1.165, 1.54) is 5.56 Å². The maximum absolute atomic E-state index is 5.59. The van der Waals surface area contributed by atoms with E-state index in [1.54, 1.807) is 0 Å². The lowest BCUT2D eigenvalue weighted by Crippen LogP contribution is -1.91. The zero-order chi connectivity index (χ0) is 7.56. The van der Waals surface area contributed by atoms with Gasteiger partial charge in [-0.2, -0.15) is 5.10 Å². The molecule has 3 nitrogen and oxygen atoms in total. The molecule has 0 radical (unpaired) electrons. The van der Waals surface area contributed by atoms with Crippen molar-refractivity contribution in [2.45, 2.75) is 26.7 Å². The molecule has 0 spiro atoms. The predicted octanol–water partition coefficient (Wildman–Crippen LogP) is 1.25. The molecular formula is C7H13N3. The van der Waals surface area contributed by atoms with Crippen LogP contribution in [0.25, 0.3) is 0 Å². The molecule has 0 fully saturated rings. The quantitative estimate of drug-likeness (QED) is 0.648. The van der Waals surface area contributed by atoms with Crippen LogP contribution >= 0.6 is 0 Å². The maximum atomic E-state index is 5.59. The van der Waals surface area contributed by atoms with Gasteiger partial charge >= 0.3 is 0 Å². The lowest BCUT2D eigenvalue weighted by molar-refractivity contribution is 0.914. The molecule has 3 N–H and O–H groups in total. The minimum Gasteiger partial charge on any atom is -0.382 e. The van der Waals surface area contributed by atoms with Gasteiger partial charge in [-0.1, -0.05) is 13.3 Å². The number of aromatic amines is 1. The highest BCUT2D eigenvalue weighted by molar-refractivity contribution is 5.41. The molecular weight excluding hydrogens is 126 g/mol. The number of nitrogens with two attached hydrogens (primary N) is 1. The number of aromatic nitrogens is 2. The van der Waals surface area contributed by atoms with Crippen LogP contribution in [0.3, 0.4) is 0 Å². The molecule has 0 aliphatic rings. The average molecular weight is 139 g/mol. The van der Waals surface area contributed by atoms with Gasteiger partial charge in [0, 0.05) is 11.3 Å². The highest BCUT2D eigenvalue weighted by Gasteiger charge is 2.03. The molecule has 0 aliphatic heterocycles. The largest absolute Gasteiger partial charge is 0.382 e. The molecule has 10 heavy (non-hydrogen) atoms. The lowest BCUT2D eigenvalue weighted by atomic mass is 10.1. The number of rotatable bonds is 2. The number of nitrogen functional groups attached to an aromatic ring is 1. The van der Waals surface area contributed by atoms with Crippen molar-refractivity contribution < 1.29 is 0 Å². The van der Waals surface area contributed by atoms with E-state index in [9.17, 15) is 0 Å². The van der Waals surface area contributed by atoms with Gasteiger partial charge in [-0.15, -0.1) is 0 Å². The molecule has 1 rings (SSSR count). The van der Waals surface area contributed by atoms with E-state index in [0.717, 1.165) is 18.5 Å². The van der Waals surface area contributed by atoms with Crippen molar-refractivity contribution in [1.82, 2.24) is 10.2 Å². The molecule has 0 aliphatic carbocycles. The molecule has 0 bridgehead atoms. The first-order valence-electron chi connectivity index (χ1n) is 3.55. The third-order valence-electron chi connectivity index (χ3n) is 1.61. The Labute approximate surface area is 60.6 Å². The number of hydrogen-bond donors (Lipinski definition) is 2. The first kappa shape index (κ1) is 7.12. The molecule has 1 aromatic rings. The molecule has 0 saturated carbocycles. The number of nitrogens with one attached hydrogen (secondary N) is 1. The highest BCUT2D eigenvalue weighted by atomic mass is 15.2. The van der Waals surface area contributed by atoms with Crippen LogP contribution in [0.1, 0.15) is 24.6 Å². The predicted molar refractivity (Wildman–Crippen MR) is 41.7 cm³/mol. The van der Waals surface area contributed by atoms with Crippen LogP contribution in [-0.2, 0) is 6.42 Å². The minimum atomic E-state index is 0.652. The number of aryl methyl sites for hydroxylation is 1. The van der Waals surface area contributed by atoms with Gasteiger partial charge in [-0.25, -0.2) is 0 Å². The van der Waals surface area contributed by atoms with Gasteiger partial charge in [0.25, 0.3) is 0 Å². The van der Waals surface area contributed by atoms with Crippen molar-refractivity contribution in [1.29, 1.82) is 0 Å². The van der Waals surface area contributed by atoms with Gasteiger partial charge in [0.2, 0.25) is 0 Å². The van der Waals surface area contributed by atoms with Gasteiger partial charge in [-0.05, 0) is 13.3 Å². The molecule has 0 amide bonds. The van der Waals surface area contributed by atoms with E-state index in [2.05, 4.69) is 17.1 Å². The summed E-state index contributed by atoms with van der Waals surface area (Å²) in [5, 5.41) is 6.73. The van der Waals surface area contributed by atoms with Gasteiger partial charge in [0.05, 0.1) is 0 Å². The second kappa shape index (κ2) is 2.73. The molecule has 0 unspecified atom stereocenters. The fourth-order valence-corrected chi connectivity index (χ4v) is 1.04. The van der Waals surface area contributed by atoms with Gasteiger partial charge < -0.3 is 5.73 Å².